The number of ether oxygens (including phenoxy) is 1. The molecule has 1 saturated heterocycles. The van der Waals surface area contributed by atoms with Crippen molar-refractivity contribution in [1.29, 1.82) is 0 Å². The van der Waals surface area contributed by atoms with E-state index in [1.54, 1.807) is 0 Å². The van der Waals surface area contributed by atoms with Crippen molar-refractivity contribution in [3.63, 3.8) is 0 Å². The van der Waals surface area contributed by atoms with E-state index >= 15 is 0 Å². The molecule has 0 radical (unpaired) electrons. The Morgan fingerprint density at radius 3 is 2.37 bits per heavy atom. The number of esters is 1. The van der Waals surface area contributed by atoms with Crippen molar-refractivity contribution < 1.29 is 27.1 Å². The topological polar surface area (TPSA) is 92.8 Å². The molecule has 1 aliphatic rings. The lowest BCUT2D eigenvalue weighted by atomic mass is 10.2. The van der Waals surface area contributed by atoms with Crippen molar-refractivity contribution in [2.75, 3.05) is 25.0 Å². The van der Waals surface area contributed by atoms with Crippen LogP contribution < -0.4 is 5.32 Å². The second-order valence-electron chi connectivity index (χ2n) is 6.74. The van der Waals surface area contributed by atoms with Crippen LogP contribution in [0.2, 0.25) is 5.02 Å². The molecule has 1 aliphatic heterocycles. The maximum absolute atomic E-state index is 13.1. The fourth-order valence-electron chi connectivity index (χ4n) is 3.00. The van der Waals surface area contributed by atoms with E-state index in [2.05, 4.69) is 5.32 Å². The average molecular weight is 455 g/mol. The Morgan fingerprint density at radius 2 is 1.73 bits per heavy atom. The third-order valence-corrected chi connectivity index (χ3v) is 6.78. The quantitative estimate of drug-likeness (QED) is 0.675. The predicted molar refractivity (Wildman–Crippen MR) is 109 cm³/mol. The molecule has 2 aromatic rings. The molecule has 30 heavy (non-hydrogen) atoms. The molecule has 160 valence electrons. The van der Waals surface area contributed by atoms with E-state index in [1.807, 2.05) is 0 Å². The molecule has 0 saturated carbocycles. The summed E-state index contributed by atoms with van der Waals surface area (Å²) in [6.45, 7) is 0.405. The Hall–Kier alpha value is -2.49. The number of sulfonamides is 1. The van der Waals surface area contributed by atoms with Crippen LogP contribution in [0.15, 0.2) is 47.4 Å². The van der Waals surface area contributed by atoms with E-state index in [-0.39, 0.29) is 21.2 Å². The molecule has 7 nitrogen and oxygen atoms in total. The molecule has 10 heteroatoms. The van der Waals surface area contributed by atoms with Crippen LogP contribution in [-0.4, -0.2) is 44.3 Å². The van der Waals surface area contributed by atoms with Gasteiger partial charge >= 0.3 is 5.97 Å². The highest BCUT2D eigenvalue weighted by Gasteiger charge is 2.26. The van der Waals surface area contributed by atoms with Gasteiger partial charge < -0.3 is 10.1 Å². The summed E-state index contributed by atoms with van der Waals surface area (Å²) in [6.07, 6.45) is 2.67. The third kappa shape index (κ3) is 5.35. The molecule has 1 heterocycles. The molecule has 0 aromatic heterocycles. The van der Waals surface area contributed by atoms with Crippen LogP contribution in [0.4, 0.5) is 10.1 Å². The summed E-state index contributed by atoms with van der Waals surface area (Å²) in [5, 5.41) is 2.28. The first-order chi connectivity index (χ1) is 14.3. The second kappa shape index (κ2) is 9.55. The van der Waals surface area contributed by atoms with Gasteiger partial charge in [0.25, 0.3) is 5.91 Å². The number of piperidine rings is 1. The van der Waals surface area contributed by atoms with E-state index in [4.69, 9.17) is 16.3 Å². The molecule has 0 aliphatic carbocycles. The Labute approximate surface area is 178 Å². The van der Waals surface area contributed by atoms with Crippen LogP contribution in [0.3, 0.4) is 0 Å². The first-order valence-electron chi connectivity index (χ1n) is 9.29. The molecule has 2 aromatic carbocycles. The van der Waals surface area contributed by atoms with Gasteiger partial charge in [0.05, 0.1) is 15.5 Å². The minimum Gasteiger partial charge on any atom is -0.452 e. The molecule has 1 N–H and O–H groups in total. The largest absolute Gasteiger partial charge is 0.452 e. The average Bonchev–Trinajstić information content (AvgIpc) is 2.75. The summed E-state index contributed by atoms with van der Waals surface area (Å²) >= 11 is 5.64. The number of rotatable bonds is 6. The molecule has 3 rings (SSSR count). The molecule has 1 fully saturated rings. The monoisotopic (exact) mass is 454 g/mol. The fraction of sp³-hybridized carbons (Fsp3) is 0.300. The summed E-state index contributed by atoms with van der Waals surface area (Å²) in [6, 6.07) is 9.04. The Kier molecular flexibility index (Phi) is 7.06. The summed E-state index contributed by atoms with van der Waals surface area (Å²) < 4.78 is 44.8. The Morgan fingerprint density at radius 1 is 1.07 bits per heavy atom. The van der Waals surface area contributed by atoms with Crippen molar-refractivity contribution in [2.45, 2.75) is 24.2 Å². The van der Waals surface area contributed by atoms with E-state index in [0.29, 0.717) is 13.1 Å². The standard InChI is InChI=1S/C20H20ClFN2O5S/c21-17-12-15(6-9-18(17)22)23-19(25)13-29-20(26)14-4-7-16(8-5-14)30(27,28)24-10-2-1-3-11-24/h4-9,12H,1-3,10-11,13H2,(H,23,25). The van der Waals surface area contributed by atoms with Crippen LogP contribution in [0.25, 0.3) is 0 Å². The lowest BCUT2D eigenvalue weighted by molar-refractivity contribution is -0.119. The van der Waals surface area contributed by atoms with Gasteiger partial charge in [-0.15, -0.1) is 0 Å². The Balaban J connectivity index is 1.56. The van der Waals surface area contributed by atoms with Crippen LogP contribution in [0, 0.1) is 5.82 Å². The summed E-state index contributed by atoms with van der Waals surface area (Å²) in [5.74, 6) is -2.02. The van der Waals surface area contributed by atoms with Gasteiger partial charge in [0.1, 0.15) is 5.82 Å². The van der Waals surface area contributed by atoms with Crippen LogP contribution >= 0.6 is 11.6 Å². The van der Waals surface area contributed by atoms with Gasteiger partial charge in [-0.3, -0.25) is 4.79 Å². The van der Waals surface area contributed by atoms with E-state index in [0.717, 1.165) is 25.3 Å². The molecular weight excluding hydrogens is 435 g/mol. The SMILES string of the molecule is O=C(COC(=O)c1ccc(S(=O)(=O)N2CCCCC2)cc1)Nc1ccc(F)c(Cl)c1. The zero-order valence-corrected chi connectivity index (χ0v) is 17.5. The molecule has 1 amide bonds. The molecular formula is C20H20ClFN2O5S. The van der Waals surface area contributed by atoms with Gasteiger partial charge in [-0.2, -0.15) is 4.31 Å². The van der Waals surface area contributed by atoms with Gasteiger partial charge in [-0.05, 0) is 55.3 Å². The molecule has 0 atom stereocenters. The number of nitrogens with one attached hydrogen (secondary N) is 1. The maximum atomic E-state index is 13.1. The number of hydrogen-bond donors (Lipinski definition) is 1. The van der Waals surface area contributed by atoms with E-state index < -0.39 is 34.3 Å². The van der Waals surface area contributed by atoms with Gasteiger partial charge in [-0.25, -0.2) is 17.6 Å². The fourth-order valence-corrected chi connectivity index (χ4v) is 4.70. The predicted octanol–water partition coefficient (Wildman–Crippen LogP) is 3.45. The maximum Gasteiger partial charge on any atom is 0.338 e. The first-order valence-corrected chi connectivity index (χ1v) is 11.1. The third-order valence-electron chi connectivity index (χ3n) is 4.58. The van der Waals surface area contributed by atoms with Gasteiger partial charge in [-0.1, -0.05) is 18.0 Å². The highest BCUT2D eigenvalue weighted by molar-refractivity contribution is 7.89. The first kappa shape index (κ1) is 22.2. The number of halogens is 2. The number of hydrogen-bond acceptors (Lipinski definition) is 5. The van der Waals surface area contributed by atoms with E-state index in [1.165, 1.54) is 40.7 Å². The molecule has 0 unspecified atom stereocenters. The van der Waals surface area contributed by atoms with Crippen molar-refractivity contribution in [1.82, 2.24) is 4.31 Å². The summed E-state index contributed by atoms with van der Waals surface area (Å²) in [5.41, 5.74) is 0.375. The number of anilines is 1. The van der Waals surface area contributed by atoms with Crippen molar-refractivity contribution in [2.24, 2.45) is 0 Å². The van der Waals surface area contributed by atoms with Crippen molar-refractivity contribution in [3.05, 3.63) is 58.9 Å². The van der Waals surface area contributed by atoms with Crippen molar-refractivity contribution in [3.8, 4) is 0 Å². The number of amides is 1. The normalized spacial score (nSPS) is 14.9. The zero-order chi connectivity index (χ0) is 21.7. The van der Waals surface area contributed by atoms with Crippen LogP contribution in [0.1, 0.15) is 29.6 Å². The summed E-state index contributed by atoms with van der Waals surface area (Å²) in [7, 11) is -3.59. The van der Waals surface area contributed by atoms with E-state index in [9.17, 15) is 22.4 Å². The zero-order valence-electron chi connectivity index (χ0n) is 15.9. The van der Waals surface area contributed by atoms with Gasteiger partial charge in [0, 0.05) is 18.8 Å². The molecule has 0 bridgehead atoms. The van der Waals surface area contributed by atoms with Gasteiger partial charge in [0.2, 0.25) is 10.0 Å². The number of carbonyl (C=O) groups excluding carboxylic acids is 2. The van der Waals surface area contributed by atoms with Crippen LogP contribution in [-0.2, 0) is 19.6 Å². The number of nitrogens with zero attached hydrogens (tertiary/aromatic N) is 1. The number of benzene rings is 2. The number of carbonyl (C=O) groups is 2. The second-order valence-corrected chi connectivity index (χ2v) is 9.09. The summed E-state index contributed by atoms with van der Waals surface area (Å²) in [4.78, 5) is 24.1. The lowest BCUT2D eigenvalue weighted by Crippen LogP contribution is -2.35. The molecule has 0 spiro atoms. The Bertz CT molecular complexity index is 1040. The highest BCUT2D eigenvalue weighted by Crippen LogP contribution is 2.21. The minimum absolute atomic E-state index is 0.104. The van der Waals surface area contributed by atoms with Gasteiger partial charge in [0.15, 0.2) is 6.61 Å². The minimum atomic E-state index is -3.59. The highest BCUT2D eigenvalue weighted by atomic mass is 35.5. The van der Waals surface area contributed by atoms with Crippen LogP contribution in [0.5, 0.6) is 0 Å². The smallest absolute Gasteiger partial charge is 0.338 e. The van der Waals surface area contributed by atoms with Crippen molar-refractivity contribution >= 4 is 39.2 Å². The lowest BCUT2D eigenvalue weighted by Gasteiger charge is -2.25.